The monoisotopic (exact) mass is 277 g/mol. The van der Waals surface area contributed by atoms with Gasteiger partial charge >= 0.3 is 6.09 Å². The van der Waals surface area contributed by atoms with Gasteiger partial charge in [-0.1, -0.05) is 43.7 Å². The van der Waals surface area contributed by atoms with Crippen molar-refractivity contribution in [1.29, 1.82) is 0 Å². The number of amides is 1. The lowest BCUT2D eigenvalue weighted by Crippen LogP contribution is -2.45. The van der Waals surface area contributed by atoms with Crippen LogP contribution in [0.25, 0.3) is 0 Å². The molecule has 1 heterocycles. The molecular formula is C16H23NO3. The summed E-state index contributed by atoms with van der Waals surface area (Å²) in [6.07, 6.45) is 2.57. The number of aliphatic hydroxyl groups excluding tert-OH is 1. The first kappa shape index (κ1) is 14.9. The lowest BCUT2D eigenvalue weighted by molar-refractivity contribution is 0.00412. The number of carbonyl (C=O) groups excluding carboxylic acids is 1. The van der Waals surface area contributed by atoms with E-state index in [1.807, 2.05) is 30.3 Å². The average molecular weight is 277 g/mol. The number of carbonyl (C=O) groups is 1. The summed E-state index contributed by atoms with van der Waals surface area (Å²) >= 11 is 0. The molecular weight excluding hydrogens is 254 g/mol. The Hall–Kier alpha value is -1.55. The van der Waals surface area contributed by atoms with Gasteiger partial charge in [0, 0.05) is 6.54 Å². The molecule has 1 aliphatic rings. The van der Waals surface area contributed by atoms with E-state index in [1.54, 1.807) is 4.90 Å². The summed E-state index contributed by atoms with van der Waals surface area (Å²) in [6.45, 7) is 3.15. The van der Waals surface area contributed by atoms with E-state index in [-0.39, 0.29) is 12.1 Å². The number of likely N-dealkylation sites (tertiary alicyclic amines) is 1. The van der Waals surface area contributed by atoms with Crippen LogP contribution in [0.3, 0.4) is 0 Å². The van der Waals surface area contributed by atoms with Crippen molar-refractivity contribution in [2.24, 2.45) is 0 Å². The van der Waals surface area contributed by atoms with Crippen molar-refractivity contribution in [3.05, 3.63) is 35.9 Å². The van der Waals surface area contributed by atoms with Gasteiger partial charge in [0.25, 0.3) is 0 Å². The molecule has 0 bridgehead atoms. The van der Waals surface area contributed by atoms with Gasteiger partial charge in [0.2, 0.25) is 0 Å². The molecule has 1 N–H and O–H groups in total. The Morgan fingerprint density at radius 1 is 1.40 bits per heavy atom. The number of piperidine rings is 1. The number of hydrogen-bond donors (Lipinski definition) is 1. The third-order valence-electron chi connectivity index (χ3n) is 3.70. The molecule has 1 aliphatic heterocycles. The Balaban J connectivity index is 2.10. The minimum Gasteiger partial charge on any atom is -0.449 e. The summed E-state index contributed by atoms with van der Waals surface area (Å²) in [5.41, 5.74) is 0.965. The third kappa shape index (κ3) is 3.51. The molecule has 20 heavy (non-hydrogen) atoms. The highest BCUT2D eigenvalue weighted by Gasteiger charge is 2.35. The van der Waals surface area contributed by atoms with Gasteiger partial charge in [-0.25, -0.2) is 4.79 Å². The fourth-order valence-electron chi connectivity index (χ4n) is 2.62. The standard InChI is InChI=1S/C16H23NO3/c1-2-3-12-20-16(19)17-11-7-10-14(18)15(17)13-8-5-4-6-9-13/h4-6,8-9,14-15,18H,2-3,7,10-12H2,1H3/t14?,15-/m0/s1. The van der Waals surface area contributed by atoms with E-state index >= 15 is 0 Å². The number of unbranched alkanes of at least 4 members (excludes halogenated alkanes) is 1. The molecule has 0 radical (unpaired) electrons. The van der Waals surface area contributed by atoms with Gasteiger partial charge in [0.1, 0.15) is 0 Å². The van der Waals surface area contributed by atoms with Gasteiger partial charge in [-0.05, 0) is 24.8 Å². The van der Waals surface area contributed by atoms with Crippen molar-refractivity contribution >= 4 is 6.09 Å². The van der Waals surface area contributed by atoms with Crippen LogP contribution in [0, 0.1) is 0 Å². The van der Waals surface area contributed by atoms with Gasteiger partial charge in [-0.2, -0.15) is 0 Å². The summed E-state index contributed by atoms with van der Waals surface area (Å²) in [7, 11) is 0. The summed E-state index contributed by atoms with van der Waals surface area (Å²) in [4.78, 5) is 13.9. The van der Waals surface area contributed by atoms with Gasteiger partial charge < -0.3 is 9.84 Å². The van der Waals surface area contributed by atoms with Gasteiger partial charge in [0.05, 0.1) is 18.8 Å². The summed E-state index contributed by atoms with van der Waals surface area (Å²) in [5.74, 6) is 0. The molecule has 1 saturated heterocycles. The highest BCUT2D eigenvalue weighted by atomic mass is 16.6. The molecule has 4 heteroatoms. The number of rotatable bonds is 4. The second-order valence-electron chi connectivity index (χ2n) is 5.23. The average Bonchev–Trinajstić information content (AvgIpc) is 2.48. The number of nitrogens with zero attached hydrogens (tertiary/aromatic N) is 1. The molecule has 0 aromatic heterocycles. The van der Waals surface area contributed by atoms with Crippen molar-refractivity contribution in [3.63, 3.8) is 0 Å². The Labute approximate surface area is 120 Å². The van der Waals surface area contributed by atoms with Crippen LogP contribution in [0.15, 0.2) is 30.3 Å². The Bertz CT molecular complexity index is 421. The SMILES string of the molecule is CCCCOC(=O)N1CCCC(O)[C@@H]1c1ccccc1. The van der Waals surface area contributed by atoms with Gasteiger partial charge in [-0.3, -0.25) is 4.90 Å². The maximum atomic E-state index is 12.2. The van der Waals surface area contributed by atoms with E-state index in [0.29, 0.717) is 13.2 Å². The van der Waals surface area contributed by atoms with Gasteiger partial charge in [-0.15, -0.1) is 0 Å². The van der Waals surface area contributed by atoms with Crippen molar-refractivity contribution in [2.75, 3.05) is 13.2 Å². The fourth-order valence-corrected chi connectivity index (χ4v) is 2.62. The molecule has 0 spiro atoms. The van der Waals surface area contributed by atoms with E-state index in [0.717, 1.165) is 31.2 Å². The fraction of sp³-hybridized carbons (Fsp3) is 0.562. The van der Waals surface area contributed by atoms with Crippen LogP contribution in [-0.2, 0) is 4.74 Å². The summed E-state index contributed by atoms with van der Waals surface area (Å²) < 4.78 is 5.30. The maximum Gasteiger partial charge on any atom is 0.410 e. The molecule has 1 aromatic carbocycles. The van der Waals surface area contributed by atoms with Crippen LogP contribution in [0.2, 0.25) is 0 Å². The highest BCUT2D eigenvalue weighted by Crippen LogP contribution is 2.31. The van der Waals surface area contributed by atoms with E-state index in [9.17, 15) is 9.90 Å². The molecule has 110 valence electrons. The van der Waals surface area contributed by atoms with E-state index < -0.39 is 6.10 Å². The predicted octanol–water partition coefficient (Wildman–Crippen LogP) is 3.12. The normalized spacial score (nSPS) is 22.6. The Morgan fingerprint density at radius 3 is 2.85 bits per heavy atom. The molecule has 2 rings (SSSR count). The van der Waals surface area contributed by atoms with E-state index in [1.165, 1.54) is 0 Å². The Morgan fingerprint density at radius 2 is 2.15 bits per heavy atom. The lowest BCUT2D eigenvalue weighted by atomic mass is 9.93. The minimum absolute atomic E-state index is 0.293. The quantitative estimate of drug-likeness (QED) is 0.860. The maximum absolute atomic E-state index is 12.2. The lowest BCUT2D eigenvalue weighted by Gasteiger charge is -2.38. The Kier molecular flexibility index (Phi) is 5.41. The van der Waals surface area contributed by atoms with Crippen molar-refractivity contribution in [3.8, 4) is 0 Å². The van der Waals surface area contributed by atoms with E-state index in [2.05, 4.69) is 6.92 Å². The third-order valence-corrected chi connectivity index (χ3v) is 3.70. The molecule has 2 atom stereocenters. The molecule has 1 aromatic rings. The molecule has 0 aliphatic carbocycles. The molecule has 1 fully saturated rings. The van der Waals surface area contributed by atoms with E-state index in [4.69, 9.17) is 4.74 Å². The smallest absolute Gasteiger partial charge is 0.410 e. The van der Waals surface area contributed by atoms with Crippen LogP contribution in [0.1, 0.15) is 44.2 Å². The highest BCUT2D eigenvalue weighted by molar-refractivity contribution is 5.68. The first-order chi connectivity index (χ1) is 9.74. The zero-order valence-corrected chi connectivity index (χ0v) is 12.0. The van der Waals surface area contributed by atoms with Gasteiger partial charge in [0.15, 0.2) is 0 Å². The predicted molar refractivity (Wildman–Crippen MR) is 77.4 cm³/mol. The number of aliphatic hydroxyl groups is 1. The van der Waals surface area contributed by atoms with Crippen molar-refractivity contribution in [2.45, 2.75) is 44.8 Å². The van der Waals surface area contributed by atoms with Crippen LogP contribution in [-0.4, -0.2) is 35.4 Å². The zero-order chi connectivity index (χ0) is 14.4. The largest absolute Gasteiger partial charge is 0.449 e. The van der Waals surface area contributed by atoms with Crippen LogP contribution in [0.4, 0.5) is 4.79 Å². The summed E-state index contributed by atoms with van der Waals surface area (Å²) in [6, 6.07) is 9.40. The number of ether oxygens (including phenoxy) is 1. The minimum atomic E-state index is -0.523. The number of benzene rings is 1. The van der Waals surface area contributed by atoms with Crippen molar-refractivity contribution in [1.82, 2.24) is 4.90 Å². The van der Waals surface area contributed by atoms with Crippen LogP contribution < -0.4 is 0 Å². The first-order valence-corrected chi connectivity index (χ1v) is 7.40. The second-order valence-corrected chi connectivity index (χ2v) is 5.23. The second kappa shape index (κ2) is 7.29. The molecule has 4 nitrogen and oxygen atoms in total. The number of hydrogen-bond acceptors (Lipinski definition) is 3. The zero-order valence-electron chi connectivity index (χ0n) is 12.0. The van der Waals surface area contributed by atoms with Crippen molar-refractivity contribution < 1.29 is 14.6 Å². The topological polar surface area (TPSA) is 49.8 Å². The molecule has 0 saturated carbocycles. The summed E-state index contributed by atoms with van der Waals surface area (Å²) in [5, 5.41) is 10.3. The van der Waals surface area contributed by atoms with Crippen LogP contribution in [0.5, 0.6) is 0 Å². The molecule has 1 amide bonds. The van der Waals surface area contributed by atoms with Crippen LogP contribution >= 0.6 is 0 Å². The first-order valence-electron chi connectivity index (χ1n) is 7.40. The molecule has 1 unspecified atom stereocenters.